The van der Waals surface area contributed by atoms with Crippen LogP contribution >= 0.6 is 11.6 Å². The second-order valence-electron chi connectivity index (χ2n) is 6.14. The van der Waals surface area contributed by atoms with Gasteiger partial charge in [0, 0.05) is 5.02 Å². The van der Waals surface area contributed by atoms with Gasteiger partial charge in [0.05, 0.1) is 6.54 Å². The summed E-state index contributed by atoms with van der Waals surface area (Å²) in [5.74, 6) is 0.866. The average Bonchev–Trinajstić information content (AvgIpc) is 3.13. The molecular formula is C18H15ClN2O4. The van der Waals surface area contributed by atoms with E-state index in [1.165, 1.54) is 4.90 Å². The van der Waals surface area contributed by atoms with E-state index in [1.54, 1.807) is 43.3 Å². The molecule has 0 aromatic heterocycles. The Morgan fingerprint density at radius 2 is 1.96 bits per heavy atom. The van der Waals surface area contributed by atoms with Crippen LogP contribution in [0.5, 0.6) is 11.5 Å². The first kappa shape index (κ1) is 15.8. The summed E-state index contributed by atoms with van der Waals surface area (Å²) in [7, 11) is 0. The predicted molar refractivity (Wildman–Crippen MR) is 90.5 cm³/mol. The molecule has 2 aliphatic rings. The van der Waals surface area contributed by atoms with Gasteiger partial charge in [-0.15, -0.1) is 0 Å². The molecule has 2 aromatic carbocycles. The van der Waals surface area contributed by atoms with E-state index in [1.807, 2.05) is 6.07 Å². The molecule has 0 aliphatic carbocycles. The van der Waals surface area contributed by atoms with Crippen molar-refractivity contribution in [2.45, 2.75) is 19.0 Å². The molecule has 1 saturated heterocycles. The Labute approximate surface area is 149 Å². The number of fused-ring (bicyclic) bond motifs is 1. The van der Waals surface area contributed by atoms with Crippen molar-refractivity contribution < 1.29 is 19.1 Å². The van der Waals surface area contributed by atoms with Gasteiger partial charge >= 0.3 is 6.03 Å². The van der Waals surface area contributed by atoms with Crippen molar-refractivity contribution >= 4 is 23.5 Å². The summed E-state index contributed by atoms with van der Waals surface area (Å²) >= 11 is 5.98. The minimum atomic E-state index is -1.16. The lowest BCUT2D eigenvalue weighted by Gasteiger charge is -2.22. The van der Waals surface area contributed by atoms with Crippen LogP contribution < -0.4 is 14.8 Å². The SMILES string of the molecule is C[C@@]1(c2ccc3c(c2)OCO3)NC(=O)N(Cc2cccc(Cl)c2)C1=O. The van der Waals surface area contributed by atoms with E-state index in [2.05, 4.69) is 5.32 Å². The van der Waals surface area contributed by atoms with Crippen LogP contribution in [-0.4, -0.2) is 23.6 Å². The highest BCUT2D eigenvalue weighted by molar-refractivity contribution is 6.30. The Morgan fingerprint density at radius 1 is 1.16 bits per heavy atom. The number of benzene rings is 2. The molecule has 0 radical (unpaired) electrons. The number of carbonyl (C=O) groups excluding carboxylic acids is 2. The second-order valence-corrected chi connectivity index (χ2v) is 6.58. The lowest BCUT2D eigenvalue weighted by molar-refractivity contribution is -0.131. The quantitative estimate of drug-likeness (QED) is 0.856. The lowest BCUT2D eigenvalue weighted by Crippen LogP contribution is -2.40. The number of nitrogens with one attached hydrogen (secondary N) is 1. The molecule has 2 aromatic rings. The molecule has 3 amide bonds. The highest BCUT2D eigenvalue weighted by Gasteiger charge is 2.49. The molecule has 4 rings (SSSR count). The third-order valence-corrected chi connectivity index (χ3v) is 4.69. The molecule has 1 atom stereocenters. The van der Waals surface area contributed by atoms with Crippen LogP contribution in [0.15, 0.2) is 42.5 Å². The number of halogens is 1. The molecule has 25 heavy (non-hydrogen) atoms. The van der Waals surface area contributed by atoms with Gasteiger partial charge in [-0.3, -0.25) is 9.69 Å². The van der Waals surface area contributed by atoms with Crippen molar-refractivity contribution in [3.05, 3.63) is 58.6 Å². The molecular weight excluding hydrogens is 344 g/mol. The number of hydrogen-bond acceptors (Lipinski definition) is 4. The monoisotopic (exact) mass is 358 g/mol. The fourth-order valence-electron chi connectivity index (χ4n) is 3.06. The van der Waals surface area contributed by atoms with Crippen molar-refractivity contribution in [2.24, 2.45) is 0 Å². The van der Waals surface area contributed by atoms with E-state index in [0.717, 1.165) is 5.56 Å². The maximum absolute atomic E-state index is 13.0. The first-order valence-corrected chi connectivity index (χ1v) is 8.14. The van der Waals surface area contributed by atoms with Gasteiger partial charge in [-0.2, -0.15) is 0 Å². The van der Waals surface area contributed by atoms with Crippen LogP contribution in [0.25, 0.3) is 0 Å². The zero-order valence-electron chi connectivity index (χ0n) is 13.4. The van der Waals surface area contributed by atoms with E-state index in [-0.39, 0.29) is 19.2 Å². The zero-order valence-corrected chi connectivity index (χ0v) is 14.2. The molecule has 2 heterocycles. The zero-order chi connectivity index (χ0) is 17.6. The molecule has 0 unspecified atom stereocenters. The van der Waals surface area contributed by atoms with Gasteiger partial charge in [-0.05, 0) is 42.3 Å². The Kier molecular flexibility index (Phi) is 3.58. The number of ether oxygens (including phenoxy) is 2. The van der Waals surface area contributed by atoms with E-state index in [9.17, 15) is 9.59 Å². The first-order valence-electron chi connectivity index (χ1n) is 7.76. The van der Waals surface area contributed by atoms with Gasteiger partial charge in [-0.25, -0.2) is 4.79 Å². The molecule has 0 saturated carbocycles. The summed E-state index contributed by atoms with van der Waals surface area (Å²) in [4.78, 5) is 26.6. The van der Waals surface area contributed by atoms with Crippen LogP contribution in [0.2, 0.25) is 5.02 Å². The highest BCUT2D eigenvalue weighted by Crippen LogP contribution is 2.38. The lowest BCUT2D eigenvalue weighted by atomic mass is 9.91. The fourth-order valence-corrected chi connectivity index (χ4v) is 3.27. The number of rotatable bonds is 3. The minimum Gasteiger partial charge on any atom is -0.454 e. The van der Waals surface area contributed by atoms with E-state index in [0.29, 0.717) is 22.1 Å². The number of hydrogen-bond donors (Lipinski definition) is 1. The van der Waals surface area contributed by atoms with Gasteiger partial charge in [0.15, 0.2) is 11.5 Å². The average molecular weight is 359 g/mol. The Morgan fingerprint density at radius 3 is 2.76 bits per heavy atom. The summed E-state index contributed by atoms with van der Waals surface area (Å²) in [5.41, 5.74) is 0.269. The van der Waals surface area contributed by atoms with Crippen LogP contribution in [-0.2, 0) is 16.9 Å². The van der Waals surface area contributed by atoms with Crippen molar-refractivity contribution in [3.8, 4) is 11.5 Å². The molecule has 2 aliphatic heterocycles. The minimum absolute atomic E-state index is 0.150. The molecule has 6 nitrogen and oxygen atoms in total. The van der Waals surface area contributed by atoms with Crippen LogP contribution in [0, 0.1) is 0 Å². The smallest absolute Gasteiger partial charge is 0.325 e. The van der Waals surface area contributed by atoms with Gasteiger partial charge in [0.1, 0.15) is 5.54 Å². The Balaban J connectivity index is 1.63. The fraction of sp³-hybridized carbons (Fsp3) is 0.222. The summed E-state index contributed by atoms with van der Waals surface area (Å²) in [6, 6.07) is 11.9. The molecule has 1 N–H and O–H groups in total. The largest absolute Gasteiger partial charge is 0.454 e. The van der Waals surface area contributed by atoms with Crippen molar-refractivity contribution in [1.29, 1.82) is 0 Å². The first-order chi connectivity index (χ1) is 12.0. The number of imide groups is 1. The van der Waals surface area contributed by atoms with Crippen molar-refractivity contribution in [2.75, 3.05) is 6.79 Å². The summed E-state index contributed by atoms with van der Waals surface area (Å²) < 4.78 is 10.7. The normalized spacial score (nSPS) is 21.6. The predicted octanol–water partition coefficient (Wildman–Crippen LogP) is 3.04. The molecule has 128 valence electrons. The number of urea groups is 1. The molecule has 0 spiro atoms. The van der Waals surface area contributed by atoms with Gasteiger partial charge < -0.3 is 14.8 Å². The standard InChI is InChI=1S/C18H15ClN2O4/c1-18(12-5-6-14-15(8-12)25-10-24-14)16(22)21(17(23)20-18)9-11-3-2-4-13(19)7-11/h2-8H,9-10H2,1H3,(H,20,23)/t18-/m0/s1. The highest BCUT2D eigenvalue weighted by atomic mass is 35.5. The Bertz CT molecular complexity index is 885. The van der Waals surface area contributed by atoms with E-state index < -0.39 is 11.6 Å². The van der Waals surface area contributed by atoms with Gasteiger partial charge in [0.2, 0.25) is 6.79 Å². The summed E-state index contributed by atoms with van der Waals surface area (Å²) in [5, 5.41) is 3.34. The number of amides is 3. The molecule has 7 heteroatoms. The van der Waals surface area contributed by atoms with Crippen LogP contribution in [0.1, 0.15) is 18.1 Å². The number of nitrogens with zero attached hydrogens (tertiary/aromatic N) is 1. The topological polar surface area (TPSA) is 67.9 Å². The van der Waals surface area contributed by atoms with E-state index in [4.69, 9.17) is 21.1 Å². The van der Waals surface area contributed by atoms with E-state index >= 15 is 0 Å². The molecule has 0 bridgehead atoms. The summed E-state index contributed by atoms with van der Waals surface area (Å²) in [6.45, 7) is 1.99. The maximum Gasteiger partial charge on any atom is 0.325 e. The third kappa shape index (κ3) is 2.59. The maximum atomic E-state index is 13.0. The van der Waals surface area contributed by atoms with Crippen LogP contribution in [0.3, 0.4) is 0 Å². The van der Waals surface area contributed by atoms with Crippen molar-refractivity contribution in [1.82, 2.24) is 10.2 Å². The van der Waals surface area contributed by atoms with Crippen LogP contribution in [0.4, 0.5) is 4.79 Å². The summed E-state index contributed by atoms with van der Waals surface area (Å²) in [6.07, 6.45) is 0. The van der Waals surface area contributed by atoms with Gasteiger partial charge in [-0.1, -0.05) is 29.8 Å². The molecule has 1 fully saturated rings. The Hall–Kier alpha value is -2.73. The second kappa shape index (κ2) is 5.67. The third-order valence-electron chi connectivity index (χ3n) is 4.45. The number of carbonyl (C=O) groups is 2. The van der Waals surface area contributed by atoms with Crippen molar-refractivity contribution in [3.63, 3.8) is 0 Å². The van der Waals surface area contributed by atoms with Gasteiger partial charge in [0.25, 0.3) is 5.91 Å².